The van der Waals surface area contributed by atoms with Crippen LogP contribution in [0.15, 0.2) is 6.20 Å². The van der Waals surface area contributed by atoms with Crippen LogP contribution in [0.3, 0.4) is 0 Å². The number of carboxylic acids is 1. The van der Waals surface area contributed by atoms with Crippen molar-refractivity contribution in [2.75, 3.05) is 0 Å². The fourth-order valence-corrected chi connectivity index (χ4v) is 1.43. The molecule has 0 saturated carbocycles. The number of aromatic nitrogens is 2. The predicted octanol–water partition coefficient (Wildman–Crippen LogP) is 1.61. The number of rotatable bonds is 6. The van der Waals surface area contributed by atoms with Gasteiger partial charge in [-0.15, -0.1) is 5.10 Å². The number of ether oxygens (including phenoxy) is 1. The van der Waals surface area contributed by atoms with Crippen molar-refractivity contribution in [2.45, 2.75) is 39.3 Å². The van der Waals surface area contributed by atoms with Gasteiger partial charge in [0, 0.05) is 0 Å². The molecule has 0 aliphatic carbocycles. The minimum absolute atomic E-state index is 0.158. The second kappa shape index (κ2) is 5.48. The van der Waals surface area contributed by atoms with Crippen LogP contribution in [0.4, 0.5) is 5.69 Å². The van der Waals surface area contributed by atoms with Gasteiger partial charge in [-0.25, -0.2) is 9.48 Å². The Bertz CT molecular complexity index is 454. The summed E-state index contributed by atoms with van der Waals surface area (Å²) in [6, 6.07) is -0.937. The van der Waals surface area contributed by atoms with Gasteiger partial charge in [-0.1, -0.05) is 6.92 Å². The monoisotopic (exact) mass is 257 g/mol. The van der Waals surface area contributed by atoms with E-state index in [1.54, 1.807) is 20.8 Å². The maximum absolute atomic E-state index is 11.0. The average Bonchev–Trinajstić information content (AvgIpc) is 2.61. The SMILES string of the molecule is CCC(C(=O)O)n1cc([N+](=O)[O-])c(OC(C)C)n1. The number of carboxylic acid groups (broad SMARTS) is 1. The van der Waals surface area contributed by atoms with Crippen molar-refractivity contribution in [1.29, 1.82) is 0 Å². The minimum atomic E-state index is -1.09. The zero-order valence-corrected chi connectivity index (χ0v) is 10.4. The van der Waals surface area contributed by atoms with E-state index in [0.29, 0.717) is 0 Å². The molecule has 0 radical (unpaired) electrons. The van der Waals surface area contributed by atoms with E-state index >= 15 is 0 Å². The van der Waals surface area contributed by atoms with Crippen molar-refractivity contribution in [3.63, 3.8) is 0 Å². The molecular weight excluding hydrogens is 242 g/mol. The Kier molecular flexibility index (Phi) is 4.24. The highest BCUT2D eigenvalue weighted by atomic mass is 16.6. The minimum Gasteiger partial charge on any atom is -0.480 e. The van der Waals surface area contributed by atoms with Crippen LogP contribution < -0.4 is 4.74 Å². The quantitative estimate of drug-likeness (QED) is 0.612. The Labute approximate surface area is 103 Å². The van der Waals surface area contributed by atoms with E-state index in [2.05, 4.69) is 5.10 Å². The summed E-state index contributed by atoms with van der Waals surface area (Å²) in [7, 11) is 0. The smallest absolute Gasteiger partial charge is 0.350 e. The van der Waals surface area contributed by atoms with Crippen molar-refractivity contribution in [2.24, 2.45) is 0 Å². The summed E-state index contributed by atoms with van der Waals surface area (Å²) in [5, 5.41) is 23.6. The summed E-state index contributed by atoms with van der Waals surface area (Å²) in [5.41, 5.74) is -0.330. The lowest BCUT2D eigenvalue weighted by atomic mass is 10.2. The fourth-order valence-electron chi connectivity index (χ4n) is 1.43. The van der Waals surface area contributed by atoms with Crippen molar-refractivity contribution >= 4 is 11.7 Å². The molecular formula is C10H15N3O5. The molecule has 0 spiro atoms. The largest absolute Gasteiger partial charge is 0.480 e. The second-order valence-corrected chi connectivity index (χ2v) is 3.99. The maximum Gasteiger partial charge on any atom is 0.350 e. The molecule has 1 atom stereocenters. The van der Waals surface area contributed by atoms with Gasteiger partial charge in [0.15, 0.2) is 0 Å². The number of carbonyl (C=O) groups is 1. The number of aliphatic carboxylic acids is 1. The highest BCUT2D eigenvalue weighted by Gasteiger charge is 2.27. The molecule has 1 unspecified atom stereocenters. The molecule has 8 nitrogen and oxygen atoms in total. The molecule has 0 saturated heterocycles. The van der Waals surface area contributed by atoms with E-state index in [4.69, 9.17) is 9.84 Å². The third-order valence-electron chi connectivity index (χ3n) is 2.22. The van der Waals surface area contributed by atoms with E-state index in [-0.39, 0.29) is 24.1 Å². The molecule has 0 aromatic carbocycles. The normalized spacial score (nSPS) is 12.4. The first-order valence-corrected chi connectivity index (χ1v) is 5.49. The molecule has 1 rings (SSSR count). The Balaban J connectivity index is 3.16. The summed E-state index contributed by atoms with van der Waals surface area (Å²) in [6.07, 6.45) is 1.08. The highest BCUT2D eigenvalue weighted by molar-refractivity contribution is 5.71. The zero-order chi connectivity index (χ0) is 13.9. The van der Waals surface area contributed by atoms with Gasteiger partial charge in [0.1, 0.15) is 12.2 Å². The zero-order valence-electron chi connectivity index (χ0n) is 10.4. The number of hydrogen-bond donors (Lipinski definition) is 1. The van der Waals surface area contributed by atoms with Gasteiger partial charge in [0.2, 0.25) is 0 Å². The van der Waals surface area contributed by atoms with Crippen LogP contribution in [-0.2, 0) is 4.79 Å². The van der Waals surface area contributed by atoms with Crippen LogP contribution in [-0.4, -0.2) is 31.9 Å². The van der Waals surface area contributed by atoms with Crippen LogP contribution in [0.25, 0.3) is 0 Å². The first-order valence-electron chi connectivity index (χ1n) is 5.49. The lowest BCUT2D eigenvalue weighted by Gasteiger charge is -2.09. The van der Waals surface area contributed by atoms with Crippen LogP contribution in [0.1, 0.15) is 33.2 Å². The number of nitrogens with zero attached hydrogens (tertiary/aromatic N) is 3. The third kappa shape index (κ3) is 2.96. The first-order chi connectivity index (χ1) is 8.36. The summed E-state index contributed by atoms with van der Waals surface area (Å²) < 4.78 is 6.25. The molecule has 0 bridgehead atoms. The van der Waals surface area contributed by atoms with E-state index in [1.165, 1.54) is 0 Å². The van der Waals surface area contributed by atoms with E-state index in [9.17, 15) is 14.9 Å². The standard InChI is InChI=1S/C10H15N3O5/c1-4-7(10(14)15)12-5-8(13(16)17)9(11-12)18-6(2)3/h5-7H,4H2,1-3H3,(H,14,15). The molecule has 0 fully saturated rings. The Morgan fingerprint density at radius 1 is 1.67 bits per heavy atom. The summed E-state index contributed by atoms with van der Waals surface area (Å²) in [4.78, 5) is 21.2. The van der Waals surface area contributed by atoms with Crippen molar-refractivity contribution in [3.8, 4) is 5.88 Å². The van der Waals surface area contributed by atoms with Crippen molar-refractivity contribution < 1.29 is 19.6 Å². The van der Waals surface area contributed by atoms with Crippen LogP contribution in [0, 0.1) is 10.1 Å². The Morgan fingerprint density at radius 2 is 2.28 bits per heavy atom. The number of nitro groups is 1. The van der Waals surface area contributed by atoms with Gasteiger partial charge in [-0.05, 0) is 20.3 Å². The van der Waals surface area contributed by atoms with Gasteiger partial charge in [-0.3, -0.25) is 10.1 Å². The molecule has 1 heterocycles. The number of hydrogen-bond acceptors (Lipinski definition) is 5. The Morgan fingerprint density at radius 3 is 2.67 bits per heavy atom. The summed E-state index contributed by atoms with van der Waals surface area (Å²) in [6.45, 7) is 5.07. The van der Waals surface area contributed by atoms with Gasteiger partial charge in [-0.2, -0.15) is 0 Å². The van der Waals surface area contributed by atoms with Gasteiger partial charge >= 0.3 is 17.5 Å². The molecule has 0 amide bonds. The molecule has 18 heavy (non-hydrogen) atoms. The highest BCUT2D eigenvalue weighted by Crippen LogP contribution is 2.28. The second-order valence-electron chi connectivity index (χ2n) is 3.99. The Hall–Kier alpha value is -2.12. The molecule has 1 N–H and O–H groups in total. The third-order valence-corrected chi connectivity index (χ3v) is 2.22. The summed E-state index contributed by atoms with van der Waals surface area (Å²) in [5.74, 6) is -1.25. The van der Waals surface area contributed by atoms with Gasteiger partial charge < -0.3 is 9.84 Å². The van der Waals surface area contributed by atoms with E-state index in [0.717, 1.165) is 10.9 Å². The predicted molar refractivity (Wildman–Crippen MR) is 61.6 cm³/mol. The van der Waals surface area contributed by atoms with E-state index < -0.39 is 16.9 Å². The van der Waals surface area contributed by atoms with Crippen molar-refractivity contribution in [3.05, 3.63) is 16.3 Å². The lowest BCUT2D eigenvalue weighted by molar-refractivity contribution is -0.386. The molecule has 0 aliphatic heterocycles. The van der Waals surface area contributed by atoms with Crippen LogP contribution in [0.2, 0.25) is 0 Å². The topological polar surface area (TPSA) is 107 Å². The molecule has 100 valence electrons. The molecule has 1 aromatic rings. The first kappa shape index (κ1) is 13.9. The van der Waals surface area contributed by atoms with E-state index in [1.807, 2.05) is 0 Å². The van der Waals surface area contributed by atoms with Gasteiger partial charge in [0.25, 0.3) is 0 Å². The lowest BCUT2D eigenvalue weighted by Crippen LogP contribution is -2.18. The molecule has 8 heteroatoms. The van der Waals surface area contributed by atoms with Crippen LogP contribution in [0.5, 0.6) is 5.88 Å². The average molecular weight is 257 g/mol. The maximum atomic E-state index is 11.0. The van der Waals surface area contributed by atoms with Crippen molar-refractivity contribution in [1.82, 2.24) is 9.78 Å². The molecule has 1 aromatic heterocycles. The summed E-state index contributed by atoms with van der Waals surface area (Å²) >= 11 is 0. The van der Waals surface area contributed by atoms with Crippen LogP contribution >= 0.6 is 0 Å². The fraction of sp³-hybridized carbons (Fsp3) is 0.600. The van der Waals surface area contributed by atoms with Gasteiger partial charge in [0.05, 0.1) is 11.0 Å². The molecule has 0 aliphatic rings.